The van der Waals surface area contributed by atoms with E-state index < -0.39 is 11.7 Å². The molecular formula is C15H11F3INO. The summed E-state index contributed by atoms with van der Waals surface area (Å²) in [4.78, 5) is 12.0. The number of carbonyl (C=O) groups excluding carboxylic acids is 1. The van der Waals surface area contributed by atoms with Crippen LogP contribution >= 0.6 is 22.6 Å². The van der Waals surface area contributed by atoms with Crippen molar-refractivity contribution in [3.63, 3.8) is 0 Å². The maximum Gasteiger partial charge on any atom is 0.416 e. The first-order chi connectivity index (χ1) is 9.88. The van der Waals surface area contributed by atoms with Crippen molar-refractivity contribution in [2.45, 2.75) is 12.7 Å². The smallest absolute Gasteiger partial charge is 0.348 e. The van der Waals surface area contributed by atoms with Gasteiger partial charge in [-0.25, -0.2) is 0 Å². The Kier molecular flexibility index (Phi) is 4.87. The zero-order chi connectivity index (χ0) is 15.5. The lowest BCUT2D eigenvalue weighted by Gasteiger charge is -2.10. The SMILES string of the molecule is O=C(NCc1cccc(C(F)(F)F)c1)c1ccccc1I. The van der Waals surface area contributed by atoms with E-state index in [2.05, 4.69) is 5.32 Å². The van der Waals surface area contributed by atoms with Gasteiger partial charge in [-0.15, -0.1) is 0 Å². The number of halogens is 4. The van der Waals surface area contributed by atoms with Crippen molar-refractivity contribution in [1.29, 1.82) is 0 Å². The molecule has 0 radical (unpaired) electrons. The molecule has 2 nitrogen and oxygen atoms in total. The highest BCUT2D eigenvalue weighted by Crippen LogP contribution is 2.29. The quantitative estimate of drug-likeness (QED) is 0.761. The van der Waals surface area contributed by atoms with Crippen molar-refractivity contribution >= 4 is 28.5 Å². The van der Waals surface area contributed by atoms with Gasteiger partial charge in [-0.2, -0.15) is 13.2 Å². The highest BCUT2D eigenvalue weighted by atomic mass is 127. The predicted octanol–water partition coefficient (Wildman–Crippen LogP) is 4.24. The second-order valence-corrected chi connectivity index (χ2v) is 5.52. The van der Waals surface area contributed by atoms with Crippen LogP contribution in [0.25, 0.3) is 0 Å². The van der Waals surface area contributed by atoms with Gasteiger partial charge in [0.15, 0.2) is 0 Å². The molecule has 0 aromatic heterocycles. The fourth-order valence-corrected chi connectivity index (χ4v) is 2.41. The number of benzene rings is 2. The molecule has 110 valence electrons. The van der Waals surface area contributed by atoms with Crippen molar-refractivity contribution in [2.24, 2.45) is 0 Å². The zero-order valence-corrected chi connectivity index (χ0v) is 12.9. The van der Waals surface area contributed by atoms with Gasteiger partial charge < -0.3 is 5.32 Å². The van der Waals surface area contributed by atoms with Crippen LogP contribution in [0.1, 0.15) is 21.5 Å². The van der Waals surface area contributed by atoms with Gasteiger partial charge in [-0.3, -0.25) is 4.79 Å². The average Bonchev–Trinajstić information content (AvgIpc) is 2.45. The Labute approximate surface area is 133 Å². The van der Waals surface area contributed by atoms with Gasteiger partial charge in [0.05, 0.1) is 11.1 Å². The van der Waals surface area contributed by atoms with Crippen LogP contribution in [0.4, 0.5) is 13.2 Å². The van der Waals surface area contributed by atoms with E-state index in [0.717, 1.165) is 15.7 Å². The molecule has 1 N–H and O–H groups in total. The fraction of sp³-hybridized carbons (Fsp3) is 0.133. The van der Waals surface area contributed by atoms with Gasteiger partial charge in [0.25, 0.3) is 5.91 Å². The molecule has 0 aliphatic rings. The van der Waals surface area contributed by atoms with Crippen molar-refractivity contribution in [3.05, 3.63) is 68.8 Å². The van der Waals surface area contributed by atoms with Gasteiger partial charge in [0, 0.05) is 10.1 Å². The van der Waals surface area contributed by atoms with E-state index in [1.54, 1.807) is 24.3 Å². The minimum atomic E-state index is -4.38. The number of hydrogen-bond donors (Lipinski definition) is 1. The molecule has 0 saturated carbocycles. The molecule has 0 heterocycles. The van der Waals surface area contributed by atoms with Gasteiger partial charge in [0.2, 0.25) is 0 Å². The molecule has 0 unspecified atom stereocenters. The van der Waals surface area contributed by atoms with Crippen LogP contribution in [0.3, 0.4) is 0 Å². The molecule has 2 aromatic rings. The van der Waals surface area contributed by atoms with Crippen LogP contribution in [0.15, 0.2) is 48.5 Å². The van der Waals surface area contributed by atoms with E-state index in [0.29, 0.717) is 11.1 Å². The third-order valence-corrected chi connectivity index (χ3v) is 3.77. The minimum absolute atomic E-state index is 0.0493. The van der Waals surface area contributed by atoms with Gasteiger partial charge in [-0.1, -0.05) is 24.3 Å². The van der Waals surface area contributed by atoms with Gasteiger partial charge in [-0.05, 0) is 52.4 Å². The molecular weight excluding hydrogens is 394 g/mol. The number of hydrogen-bond acceptors (Lipinski definition) is 1. The van der Waals surface area contributed by atoms with Gasteiger partial charge in [0.1, 0.15) is 0 Å². The summed E-state index contributed by atoms with van der Waals surface area (Å²) in [7, 11) is 0. The summed E-state index contributed by atoms with van der Waals surface area (Å²) in [6.45, 7) is 0.0493. The lowest BCUT2D eigenvalue weighted by molar-refractivity contribution is -0.137. The monoisotopic (exact) mass is 405 g/mol. The molecule has 0 atom stereocenters. The summed E-state index contributed by atoms with van der Waals surface area (Å²) < 4.78 is 38.6. The highest BCUT2D eigenvalue weighted by Gasteiger charge is 2.30. The summed E-state index contributed by atoms with van der Waals surface area (Å²) in [6, 6.07) is 11.9. The maximum atomic E-state index is 12.6. The van der Waals surface area contributed by atoms with E-state index in [-0.39, 0.29) is 12.5 Å². The standard InChI is InChI=1S/C15H11F3INO/c16-15(17,18)11-5-3-4-10(8-11)9-20-14(21)12-6-1-2-7-13(12)19/h1-8H,9H2,(H,20,21). The molecule has 0 spiro atoms. The molecule has 0 saturated heterocycles. The number of rotatable bonds is 3. The second-order valence-electron chi connectivity index (χ2n) is 4.36. The summed E-state index contributed by atoms with van der Waals surface area (Å²) in [5.74, 6) is -0.308. The summed E-state index contributed by atoms with van der Waals surface area (Å²) in [5.41, 5.74) is 0.192. The van der Waals surface area contributed by atoms with Crippen LogP contribution in [0, 0.1) is 3.57 Å². The first-order valence-corrected chi connectivity index (χ1v) is 7.14. The highest BCUT2D eigenvalue weighted by molar-refractivity contribution is 14.1. The topological polar surface area (TPSA) is 29.1 Å². The van der Waals surface area contributed by atoms with Crippen LogP contribution < -0.4 is 5.32 Å². The Bertz CT molecular complexity index is 655. The fourth-order valence-electron chi connectivity index (χ4n) is 1.78. The van der Waals surface area contributed by atoms with E-state index >= 15 is 0 Å². The zero-order valence-electron chi connectivity index (χ0n) is 10.7. The predicted molar refractivity (Wildman–Crippen MR) is 81.8 cm³/mol. The molecule has 0 bridgehead atoms. The maximum absolute atomic E-state index is 12.6. The molecule has 0 aliphatic carbocycles. The average molecular weight is 405 g/mol. The first kappa shape index (κ1) is 15.8. The molecule has 0 aliphatic heterocycles. The largest absolute Gasteiger partial charge is 0.416 e. The molecule has 2 aromatic carbocycles. The van der Waals surface area contributed by atoms with Crippen LogP contribution in [-0.2, 0) is 12.7 Å². The molecule has 0 fully saturated rings. The van der Waals surface area contributed by atoms with E-state index in [1.807, 2.05) is 28.7 Å². The number of alkyl halides is 3. The number of nitrogens with one attached hydrogen (secondary N) is 1. The van der Waals surface area contributed by atoms with Crippen molar-refractivity contribution in [2.75, 3.05) is 0 Å². The summed E-state index contributed by atoms with van der Waals surface area (Å²) in [6.07, 6.45) is -4.38. The Balaban J connectivity index is 2.07. The molecule has 1 amide bonds. The summed E-state index contributed by atoms with van der Waals surface area (Å²) in [5, 5.41) is 2.62. The van der Waals surface area contributed by atoms with Crippen molar-refractivity contribution in [3.8, 4) is 0 Å². The summed E-state index contributed by atoms with van der Waals surface area (Å²) >= 11 is 2.04. The molecule has 21 heavy (non-hydrogen) atoms. The third kappa shape index (κ3) is 4.20. The Morgan fingerprint density at radius 3 is 2.48 bits per heavy atom. The molecule has 6 heteroatoms. The first-order valence-electron chi connectivity index (χ1n) is 6.07. The Morgan fingerprint density at radius 2 is 1.81 bits per heavy atom. The van der Waals surface area contributed by atoms with Crippen molar-refractivity contribution < 1.29 is 18.0 Å². The van der Waals surface area contributed by atoms with Crippen molar-refractivity contribution in [1.82, 2.24) is 5.32 Å². The van der Waals surface area contributed by atoms with Crippen LogP contribution in [0.5, 0.6) is 0 Å². The Morgan fingerprint density at radius 1 is 1.10 bits per heavy atom. The minimum Gasteiger partial charge on any atom is -0.348 e. The number of carbonyl (C=O) groups is 1. The normalized spacial score (nSPS) is 11.2. The lowest BCUT2D eigenvalue weighted by atomic mass is 10.1. The van der Waals surface area contributed by atoms with Crippen LogP contribution in [-0.4, -0.2) is 5.91 Å². The Hall–Kier alpha value is -1.57. The van der Waals surface area contributed by atoms with E-state index in [9.17, 15) is 18.0 Å². The van der Waals surface area contributed by atoms with E-state index in [4.69, 9.17) is 0 Å². The second kappa shape index (κ2) is 6.46. The lowest BCUT2D eigenvalue weighted by Crippen LogP contribution is -2.23. The molecule has 2 rings (SSSR count). The van der Waals surface area contributed by atoms with E-state index in [1.165, 1.54) is 6.07 Å². The van der Waals surface area contributed by atoms with Gasteiger partial charge >= 0.3 is 6.18 Å². The number of amides is 1. The third-order valence-electron chi connectivity index (χ3n) is 2.83. The van der Waals surface area contributed by atoms with Crippen LogP contribution in [0.2, 0.25) is 0 Å².